The minimum Gasteiger partial charge on any atom is -0.456 e. The third kappa shape index (κ3) is 3.49. The molecule has 5 nitrogen and oxygen atoms in total. The average Bonchev–Trinajstić information content (AvgIpc) is 3.67. The first kappa shape index (κ1) is 24.3. The second-order valence-corrected chi connectivity index (χ2v) is 11.4. The Bertz CT molecular complexity index is 2760. The number of benzene rings is 6. The highest BCUT2D eigenvalue weighted by Crippen LogP contribution is 2.45. The molecular formula is C40H23N3O2. The van der Waals surface area contributed by atoms with E-state index in [0.29, 0.717) is 0 Å². The molecule has 0 saturated carbocycles. The Morgan fingerprint density at radius 1 is 0.400 bits per heavy atom. The summed E-state index contributed by atoms with van der Waals surface area (Å²) >= 11 is 0. The van der Waals surface area contributed by atoms with Gasteiger partial charge in [0.25, 0.3) is 0 Å². The molecule has 0 aliphatic heterocycles. The summed E-state index contributed by atoms with van der Waals surface area (Å²) in [6.45, 7) is 0. The fourth-order valence-corrected chi connectivity index (χ4v) is 7.01. The van der Waals surface area contributed by atoms with Crippen LogP contribution < -0.4 is 4.90 Å². The predicted octanol–water partition coefficient (Wildman–Crippen LogP) is 11.2. The smallest absolute Gasteiger partial charge is 0.159 e. The van der Waals surface area contributed by atoms with Gasteiger partial charge in [-0.15, -0.1) is 0 Å². The van der Waals surface area contributed by atoms with E-state index in [2.05, 4.69) is 112 Å². The Hall–Kier alpha value is -6.20. The zero-order valence-corrected chi connectivity index (χ0v) is 23.9. The van der Waals surface area contributed by atoms with Gasteiger partial charge in [0.05, 0.1) is 5.69 Å². The summed E-state index contributed by atoms with van der Waals surface area (Å²) in [4.78, 5) is 11.1. The fourth-order valence-electron chi connectivity index (χ4n) is 7.01. The van der Waals surface area contributed by atoms with Crippen LogP contribution in [-0.2, 0) is 0 Å². The van der Waals surface area contributed by atoms with E-state index in [4.69, 9.17) is 8.83 Å². The van der Waals surface area contributed by atoms with E-state index in [-0.39, 0.29) is 0 Å². The SMILES string of the molecule is c1cc(N(c2ccc3oc4ccncc4c3c2)c2ccc3c4ccccc4c4ccccc4c3c2)c2oc3ccncc3c2c1. The minimum atomic E-state index is 0.808. The van der Waals surface area contributed by atoms with Crippen LogP contribution in [0, 0.1) is 0 Å². The largest absolute Gasteiger partial charge is 0.456 e. The summed E-state index contributed by atoms with van der Waals surface area (Å²) in [6.07, 6.45) is 7.28. The fraction of sp³-hybridized carbons (Fsp3) is 0. The molecule has 45 heavy (non-hydrogen) atoms. The first-order valence-corrected chi connectivity index (χ1v) is 15.0. The van der Waals surface area contributed by atoms with Gasteiger partial charge in [-0.3, -0.25) is 9.97 Å². The Morgan fingerprint density at radius 2 is 0.933 bits per heavy atom. The van der Waals surface area contributed by atoms with Gasteiger partial charge in [0, 0.05) is 57.7 Å². The third-order valence-electron chi connectivity index (χ3n) is 9.02. The van der Waals surface area contributed by atoms with Gasteiger partial charge in [0.1, 0.15) is 16.7 Å². The molecule has 0 fully saturated rings. The molecule has 0 radical (unpaired) electrons. The molecule has 10 aromatic rings. The van der Waals surface area contributed by atoms with Crippen LogP contribution in [0.3, 0.4) is 0 Å². The van der Waals surface area contributed by atoms with Crippen LogP contribution >= 0.6 is 0 Å². The van der Waals surface area contributed by atoms with Crippen molar-refractivity contribution in [1.82, 2.24) is 9.97 Å². The van der Waals surface area contributed by atoms with Crippen molar-refractivity contribution in [2.24, 2.45) is 0 Å². The number of hydrogen-bond donors (Lipinski definition) is 0. The maximum absolute atomic E-state index is 6.56. The molecule has 4 aromatic heterocycles. The molecule has 0 aliphatic carbocycles. The van der Waals surface area contributed by atoms with Crippen LogP contribution in [-0.4, -0.2) is 9.97 Å². The van der Waals surface area contributed by atoms with Gasteiger partial charge in [-0.2, -0.15) is 0 Å². The number of rotatable bonds is 3. The quantitative estimate of drug-likeness (QED) is 0.196. The lowest BCUT2D eigenvalue weighted by Gasteiger charge is -2.26. The van der Waals surface area contributed by atoms with Crippen LogP contribution in [0.5, 0.6) is 0 Å². The van der Waals surface area contributed by atoms with Gasteiger partial charge in [-0.25, -0.2) is 0 Å². The molecule has 0 aliphatic rings. The Balaban J connectivity index is 1.30. The third-order valence-corrected chi connectivity index (χ3v) is 9.02. The molecule has 10 rings (SSSR count). The van der Waals surface area contributed by atoms with Crippen molar-refractivity contribution in [2.75, 3.05) is 4.90 Å². The van der Waals surface area contributed by atoms with Gasteiger partial charge < -0.3 is 13.7 Å². The van der Waals surface area contributed by atoms with Gasteiger partial charge >= 0.3 is 0 Å². The van der Waals surface area contributed by atoms with Gasteiger partial charge in [-0.1, -0.05) is 66.7 Å². The molecule has 0 bridgehead atoms. The lowest BCUT2D eigenvalue weighted by atomic mass is 9.94. The number of aromatic nitrogens is 2. The van der Waals surface area contributed by atoms with Crippen molar-refractivity contribution < 1.29 is 8.83 Å². The van der Waals surface area contributed by atoms with Gasteiger partial charge in [-0.05, 0) is 80.8 Å². The Labute approximate surface area is 256 Å². The monoisotopic (exact) mass is 577 g/mol. The van der Waals surface area contributed by atoms with Crippen LogP contribution in [0.2, 0.25) is 0 Å². The standard InChI is InChI=1S/C40H23N3O2/c1-2-8-28-26(6-1)27-7-3-4-9-29(27)32-20-24(12-14-30(28)32)43(25-13-15-37-33(21-25)35-23-42-18-16-38(35)44-37)36-11-5-10-31-34-22-41-19-17-39(34)45-40(31)36/h1-23H. The van der Waals surface area contributed by atoms with Gasteiger partial charge in [0.15, 0.2) is 5.58 Å². The van der Waals surface area contributed by atoms with Crippen molar-refractivity contribution >= 4 is 93.3 Å². The normalized spacial score (nSPS) is 12.0. The summed E-state index contributed by atoms with van der Waals surface area (Å²) in [7, 11) is 0. The van der Waals surface area contributed by atoms with Gasteiger partial charge in [0.2, 0.25) is 0 Å². The zero-order chi connectivity index (χ0) is 29.5. The van der Waals surface area contributed by atoms with E-state index in [0.717, 1.165) is 60.9 Å². The van der Waals surface area contributed by atoms with Crippen LogP contribution in [0.1, 0.15) is 0 Å². The molecular weight excluding hydrogens is 554 g/mol. The minimum absolute atomic E-state index is 0.808. The maximum atomic E-state index is 6.56. The van der Waals surface area contributed by atoms with E-state index in [9.17, 15) is 0 Å². The number of pyridine rings is 2. The lowest BCUT2D eigenvalue weighted by Crippen LogP contribution is -2.10. The van der Waals surface area contributed by atoms with E-state index in [1.807, 2.05) is 30.6 Å². The molecule has 0 N–H and O–H groups in total. The molecule has 210 valence electrons. The first-order valence-electron chi connectivity index (χ1n) is 15.0. The number of anilines is 3. The summed E-state index contributed by atoms with van der Waals surface area (Å²) in [5.74, 6) is 0. The number of para-hydroxylation sites is 1. The molecule has 4 heterocycles. The van der Waals surface area contributed by atoms with E-state index < -0.39 is 0 Å². The number of hydrogen-bond acceptors (Lipinski definition) is 5. The Morgan fingerprint density at radius 3 is 1.64 bits per heavy atom. The van der Waals surface area contributed by atoms with E-state index >= 15 is 0 Å². The number of furan rings is 2. The first-order chi connectivity index (χ1) is 22.3. The van der Waals surface area contributed by atoms with E-state index in [1.54, 1.807) is 12.4 Å². The van der Waals surface area contributed by atoms with Crippen LogP contribution in [0.15, 0.2) is 149 Å². The summed E-state index contributed by atoms with van der Waals surface area (Å²) < 4.78 is 12.7. The topological polar surface area (TPSA) is 55.3 Å². The maximum Gasteiger partial charge on any atom is 0.159 e. The van der Waals surface area contributed by atoms with Crippen molar-refractivity contribution in [3.63, 3.8) is 0 Å². The van der Waals surface area contributed by atoms with Crippen molar-refractivity contribution in [2.45, 2.75) is 0 Å². The van der Waals surface area contributed by atoms with Crippen molar-refractivity contribution in [3.05, 3.63) is 140 Å². The Kier molecular flexibility index (Phi) is 4.93. The van der Waals surface area contributed by atoms with Crippen molar-refractivity contribution in [3.8, 4) is 0 Å². The molecule has 0 atom stereocenters. The molecule has 6 aromatic carbocycles. The second-order valence-electron chi connectivity index (χ2n) is 11.4. The average molecular weight is 578 g/mol. The zero-order valence-electron chi connectivity index (χ0n) is 23.9. The summed E-state index contributed by atoms with van der Waals surface area (Å²) in [5, 5.41) is 11.4. The summed E-state index contributed by atoms with van der Waals surface area (Å²) in [5.41, 5.74) is 6.22. The van der Waals surface area contributed by atoms with Crippen LogP contribution in [0.25, 0.3) is 76.2 Å². The predicted molar refractivity (Wildman–Crippen MR) is 184 cm³/mol. The van der Waals surface area contributed by atoms with Crippen molar-refractivity contribution in [1.29, 1.82) is 0 Å². The highest BCUT2D eigenvalue weighted by molar-refractivity contribution is 6.26. The highest BCUT2D eigenvalue weighted by atomic mass is 16.3. The van der Waals surface area contributed by atoms with E-state index in [1.165, 1.54) is 32.3 Å². The summed E-state index contributed by atoms with van der Waals surface area (Å²) in [6, 6.07) is 40.6. The molecule has 0 unspecified atom stereocenters. The molecule has 0 amide bonds. The molecule has 5 heteroatoms. The van der Waals surface area contributed by atoms with Crippen LogP contribution in [0.4, 0.5) is 17.1 Å². The number of nitrogens with zero attached hydrogens (tertiary/aromatic N) is 3. The lowest BCUT2D eigenvalue weighted by molar-refractivity contribution is 0.668. The highest BCUT2D eigenvalue weighted by Gasteiger charge is 2.21. The number of fused-ring (bicyclic) bond motifs is 12. The molecule has 0 spiro atoms. The second kappa shape index (κ2) is 9.15. The molecule has 0 saturated heterocycles.